The molecule has 1 aliphatic heterocycles. The van der Waals surface area contributed by atoms with Gasteiger partial charge in [0.05, 0.1) is 43.7 Å². The van der Waals surface area contributed by atoms with Gasteiger partial charge in [-0.1, -0.05) is 0 Å². The fourth-order valence-electron chi connectivity index (χ4n) is 2.07. The predicted molar refractivity (Wildman–Crippen MR) is 72.6 cm³/mol. The maximum atomic E-state index is 12.0. The number of nitrogens with zero attached hydrogens (tertiary/aromatic N) is 1. The topological polar surface area (TPSA) is 119 Å². The first-order chi connectivity index (χ1) is 9.92. The van der Waals surface area contributed by atoms with Crippen LogP contribution in [0.15, 0.2) is 18.2 Å². The van der Waals surface area contributed by atoms with E-state index in [4.69, 9.17) is 9.84 Å². The van der Waals surface area contributed by atoms with Crippen LogP contribution >= 0.6 is 0 Å². The minimum atomic E-state index is -1.12. The number of hydrogen-bond donors (Lipinski definition) is 4. The maximum Gasteiger partial charge on any atom is 0.335 e. The van der Waals surface area contributed by atoms with E-state index in [9.17, 15) is 19.8 Å². The molecule has 1 fully saturated rings. The molecule has 0 saturated carbocycles. The van der Waals surface area contributed by atoms with Gasteiger partial charge >= 0.3 is 12.0 Å². The fraction of sp³-hybridized carbons (Fsp3) is 0.385. The number of carbonyl (C=O) groups excluding carboxylic acids is 1. The number of carbonyl (C=O) groups is 2. The summed E-state index contributed by atoms with van der Waals surface area (Å²) >= 11 is 0. The van der Waals surface area contributed by atoms with Gasteiger partial charge in [0, 0.05) is 0 Å². The normalized spacial score (nSPS) is 21.2. The molecule has 0 spiro atoms. The number of anilines is 1. The molecule has 8 heteroatoms. The summed E-state index contributed by atoms with van der Waals surface area (Å²) in [4.78, 5) is 24.2. The van der Waals surface area contributed by atoms with Crippen molar-refractivity contribution in [3.8, 4) is 5.75 Å². The number of aliphatic hydroxyl groups is 2. The molecule has 0 aliphatic carbocycles. The summed E-state index contributed by atoms with van der Waals surface area (Å²) in [7, 11) is 1.40. The number of β-amino-alcohol motifs (C(OH)–C–C–N with tert-alkyl or cyclic N) is 2. The smallest absolute Gasteiger partial charge is 0.335 e. The van der Waals surface area contributed by atoms with Crippen molar-refractivity contribution < 1.29 is 29.6 Å². The van der Waals surface area contributed by atoms with Crippen LogP contribution in [0.3, 0.4) is 0 Å². The molecule has 2 atom stereocenters. The average Bonchev–Trinajstić information content (AvgIpc) is 2.78. The van der Waals surface area contributed by atoms with Crippen molar-refractivity contribution in [2.75, 3.05) is 25.5 Å². The number of carboxylic acids is 1. The molecule has 114 valence electrons. The minimum Gasteiger partial charge on any atom is -0.495 e. The summed E-state index contributed by atoms with van der Waals surface area (Å²) in [6.07, 6.45) is -1.97. The molecule has 0 bridgehead atoms. The molecule has 8 nitrogen and oxygen atoms in total. The van der Waals surface area contributed by atoms with E-state index < -0.39 is 24.2 Å². The van der Waals surface area contributed by atoms with Crippen LogP contribution in [0.2, 0.25) is 0 Å². The van der Waals surface area contributed by atoms with Gasteiger partial charge in [0.2, 0.25) is 0 Å². The molecule has 1 heterocycles. The van der Waals surface area contributed by atoms with Crippen LogP contribution in [0.4, 0.5) is 10.5 Å². The van der Waals surface area contributed by atoms with Crippen molar-refractivity contribution in [3.05, 3.63) is 23.8 Å². The Bertz CT molecular complexity index is 552. The summed E-state index contributed by atoms with van der Waals surface area (Å²) in [5.41, 5.74) is 0.214. The number of hydrogen-bond acceptors (Lipinski definition) is 5. The Morgan fingerprint density at radius 2 is 1.90 bits per heavy atom. The molecule has 0 aromatic heterocycles. The first-order valence-electron chi connectivity index (χ1n) is 6.25. The number of carboxylic acid groups (broad SMARTS) is 1. The van der Waals surface area contributed by atoms with Crippen LogP contribution in [0.25, 0.3) is 0 Å². The number of urea groups is 1. The summed E-state index contributed by atoms with van der Waals surface area (Å²) in [5.74, 6) is -0.811. The van der Waals surface area contributed by atoms with E-state index in [-0.39, 0.29) is 24.3 Å². The van der Waals surface area contributed by atoms with Crippen LogP contribution in [-0.4, -0.2) is 64.6 Å². The molecule has 2 amide bonds. The lowest BCUT2D eigenvalue weighted by atomic mass is 10.2. The number of nitrogens with one attached hydrogen (secondary N) is 1. The molecule has 1 aliphatic rings. The van der Waals surface area contributed by atoms with E-state index >= 15 is 0 Å². The zero-order chi connectivity index (χ0) is 15.6. The molecule has 1 aromatic rings. The number of likely N-dealkylation sites (tertiary alicyclic amines) is 1. The lowest BCUT2D eigenvalue weighted by Gasteiger charge is -2.18. The first-order valence-corrected chi connectivity index (χ1v) is 6.25. The van der Waals surface area contributed by atoms with Crippen molar-refractivity contribution in [2.45, 2.75) is 12.2 Å². The second kappa shape index (κ2) is 5.98. The Balaban J connectivity index is 2.16. The van der Waals surface area contributed by atoms with Crippen LogP contribution in [0, 0.1) is 0 Å². The monoisotopic (exact) mass is 296 g/mol. The third-order valence-electron chi connectivity index (χ3n) is 3.23. The fourth-order valence-corrected chi connectivity index (χ4v) is 2.07. The molecule has 4 N–H and O–H groups in total. The lowest BCUT2D eigenvalue weighted by molar-refractivity contribution is 0.0572. The average molecular weight is 296 g/mol. The van der Waals surface area contributed by atoms with Gasteiger partial charge < -0.3 is 30.3 Å². The van der Waals surface area contributed by atoms with Gasteiger partial charge in [-0.05, 0) is 18.2 Å². The number of amides is 2. The second-order valence-electron chi connectivity index (χ2n) is 4.69. The zero-order valence-corrected chi connectivity index (χ0v) is 11.3. The standard InChI is InChI=1S/C13H16N2O6/c1-21-11-3-2-7(12(18)19)4-8(11)14-13(20)15-5-9(16)10(17)6-15/h2-4,9-10,16-17H,5-6H2,1H3,(H,14,20)(H,18,19). The van der Waals surface area contributed by atoms with E-state index in [1.807, 2.05) is 0 Å². The first kappa shape index (κ1) is 15.1. The van der Waals surface area contributed by atoms with Gasteiger partial charge in [0.25, 0.3) is 0 Å². The zero-order valence-electron chi connectivity index (χ0n) is 11.3. The molecule has 1 aromatic carbocycles. The van der Waals surface area contributed by atoms with Crippen LogP contribution in [0.5, 0.6) is 5.75 Å². The van der Waals surface area contributed by atoms with Crippen LogP contribution < -0.4 is 10.1 Å². The van der Waals surface area contributed by atoms with E-state index in [1.54, 1.807) is 0 Å². The molecule has 0 radical (unpaired) electrons. The van der Waals surface area contributed by atoms with Crippen molar-refractivity contribution in [1.29, 1.82) is 0 Å². The Morgan fingerprint density at radius 1 is 1.29 bits per heavy atom. The van der Waals surface area contributed by atoms with Crippen LogP contribution in [0.1, 0.15) is 10.4 Å². The highest BCUT2D eigenvalue weighted by Gasteiger charge is 2.32. The van der Waals surface area contributed by atoms with E-state index in [0.717, 1.165) is 0 Å². The summed E-state index contributed by atoms with van der Waals surface area (Å²) < 4.78 is 5.06. The summed E-state index contributed by atoms with van der Waals surface area (Å²) in [5, 5.41) is 30.3. The van der Waals surface area contributed by atoms with Gasteiger partial charge in [0.1, 0.15) is 5.75 Å². The quantitative estimate of drug-likeness (QED) is 0.621. The number of ether oxygens (including phenoxy) is 1. The van der Waals surface area contributed by atoms with Crippen molar-refractivity contribution in [3.63, 3.8) is 0 Å². The molecule has 2 unspecified atom stereocenters. The van der Waals surface area contributed by atoms with Crippen molar-refractivity contribution >= 4 is 17.7 Å². The highest BCUT2D eigenvalue weighted by Crippen LogP contribution is 2.26. The van der Waals surface area contributed by atoms with Crippen molar-refractivity contribution in [1.82, 2.24) is 4.90 Å². The van der Waals surface area contributed by atoms with Crippen molar-refractivity contribution in [2.24, 2.45) is 0 Å². The highest BCUT2D eigenvalue weighted by molar-refractivity contribution is 5.95. The third-order valence-corrected chi connectivity index (χ3v) is 3.23. The van der Waals surface area contributed by atoms with Gasteiger partial charge in [-0.3, -0.25) is 0 Å². The second-order valence-corrected chi connectivity index (χ2v) is 4.69. The van der Waals surface area contributed by atoms with Gasteiger partial charge in [0.15, 0.2) is 0 Å². The van der Waals surface area contributed by atoms with E-state index in [2.05, 4.69) is 5.32 Å². The molecule has 2 rings (SSSR count). The van der Waals surface area contributed by atoms with E-state index in [0.29, 0.717) is 5.75 Å². The third kappa shape index (κ3) is 3.23. The largest absolute Gasteiger partial charge is 0.495 e. The number of methoxy groups -OCH3 is 1. The molecular weight excluding hydrogens is 280 g/mol. The number of aliphatic hydroxyl groups excluding tert-OH is 2. The van der Waals surface area contributed by atoms with Crippen LogP contribution in [-0.2, 0) is 0 Å². The Labute approximate surface area is 120 Å². The molecular formula is C13H16N2O6. The number of aromatic carboxylic acids is 1. The number of benzene rings is 1. The van der Waals surface area contributed by atoms with Gasteiger partial charge in [-0.2, -0.15) is 0 Å². The SMILES string of the molecule is COc1ccc(C(=O)O)cc1NC(=O)N1CC(O)C(O)C1. The molecule has 1 saturated heterocycles. The lowest BCUT2D eigenvalue weighted by Crippen LogP contribution is -2.34. The van der Waals surface area contributed by atoms with Gasteiger partial charge in [-0.15, -0.1) is 0 Å². The minimum absolute atomic E-state index is 0.00703. The Kier molecular flexibility index (Phi) is 4.29. The van der Waals surface area contributed by atoms with E-state index in [1.165, 1.54) is 30.2 Å². The summed E-state index contributed by atoms with van der Waals surface area (Å²) in [6, 6.07) is 3.53. The highest BCUT2D eigenvalue weighted by atomic mass is 16.5. The Morgan fingerprint density at radius 3 is 2.43 bits per heavy atom. The Hall–Kier alpha value is -2.32. The maximum absolute atomic E-state index is 12.0. The molecule has 21 heavy (non-hydrogen) atoms. The predicted octanol–water partition coefficient (Wildman–Crippen LogP) is -0.0373. The number of rotatable bonds is 3. The summed E-state index contributed by atoms with van der Waals surface area (Å²) in [6.45, 7) is 0.0157. The van der Waals surface area contributed by atoms with Gasteiger partial charge in [-0.25, -0.2) is 9.59 Å².